The standard InChI is InChI=1S/C9H14F2O2/c1-2-3-7(10)6-8(11)9(13)4-5-12/h5,7-8H,2-4,6H2,1H3. The van der Waals surface area contributed by atoms with E-state index in [4.69, 9.17) is 0 Å². The van der Waals surface area contributed by atoms with Crippen LogP contribution in [0.3, 0.4) is 0 Å². The van der Waals surface area contributed by atoms with Crippen LogP contribution in [0.1, 0.15) is 32.6 Å². The quantitative estimate of drug-likeness (QED) is 0.456. The predicted octanol–water partition coefficient (Wildman–Crippen LogP) is 2.01. The third kappa shape index (κ3) is 5.44. The van der Waals surface area contributed by atoms with E-state index in [1.807, 2.05) is 0 Å². The van der Waals surface area contributed by atoms with Crippen LogP contribution in [0.4, 0.5) is 8.78 Å². The van der Waals surface area contributed by atoms with Crippen LogP contribution in [0.15, 0.2) is 0 Å². The molecule has 0 rings (SSSR count). The van der Waals surface area contributed by atoms with Gasteiger partial charge in [-0.2, -0.15) is 0 Å². The molecule has 0 aromatic rings. The first-order chi connectivity index (χ1) is 6.11. The van der Waals surface area contributed by atoms with E-state index in [9.17, 15) is 18.4 Å². The number of carbonyl (C=O) groups excluding carboxylic acids is 2. The summed E-state index contributed by atoms with van der Waals surface area (Å²) in [5.41, 5.74) is 0. The summed E-state index contributed by atoms with van der Waals surface area (Å²) < 4.78 is 25.6. The highest BCUT2D eigenvalue weighted by Crippen LogP contribution is 2.12. The number of ketones is 1. The number of hydrogen-bond donors (Lipinski definition) is 0. The van der Waals surface area contributed by atoms with Crippen molar-refractivity contribution < 1.29 is 18.4 Å². The summed E-state index contributed by atoms with van der Waals surface area (Å²) in [4.78, 5) is 20.6. The summed E-state index contributed by atoms with van der Waals surface area (Å²) in [6.07, 6.45) is -2.77. The van der Waals surface area contributed by atoms with Crippen molar-refractivity contribution in [2.45, 2.75) is 45.0 Å². The van der Waals surface area contributed by atoms with Crippen molar-refractivity contribution in [3.05, 3.63) is 0 Å². The Morgan fingerprint density at radius 1 is 1.46 bits per heavy atom. The summed E-state index contributed by atoms with van der Waals surface area (Å²) in [6.45, 7) is 1.78. The Bertz CT molecular complexity index is 171. The van der Waals surface area contributed by atoms with Crippen molar-refractivity contribution in [1.82, 2.24) is 0 Å². The highest BCUT2D eigenvalue weighted by molar-refractivity contribution is 5.92. The van der Waals surface area contributed by atoms with Crippen molar-refractivity contribution in [1.29, 1.82) is 0 Å². The van der Waals surface area contributed by atoms with E-state index in [2.05, 4.69) is 0 Å². The molecular weight excluding hydrogens is 178 g/mol. The molecule has 13 heavy (non-hydrogen) atoms. The van der Waals surface area contributed by atoms with Crippen molar-refractivity contribution in [2.75, 3.05) is 0 Å². The second kappa shape index (κ2) is 6.69. The Morgan fingerprint density at radius 2 is 2.08 bits per heavy atom. The van der Waals surface area contributed by atoms with Crippen molar-refractivity contribution in [2.24, 2.45) is 0 Å². The SMILES string of the molecule is CCCC(F)CC(F)C(=O)CC=O. The second-order valence-electron chi connectivity index (χ2n) is 2.93. The van der Waals surface area contributed by atoms with E-state index in [1.165, 1.54) is 0 Å². The normalized spacial score (nSPS) is 15.0. The zero-order valence-electron chi connectivity index (χ0n) is 7.63. The first kappa shape index (κ1) is 12.2. The fourth-order valence-electron chi connectivity index (χ4n) is 0.997. The smallest absolute Gasteiger partial charge is 0.174 e. The molecule has 0 spiro atoms. The van der Waals surface area contributed by atoms with Gasteiger partial charge in [-0.05, 0) is 6.42 Å². The molecule has 0 radical (unpaired) electrons. The molecule has 0 saturated heterocycles. The monoisotopic (exact) mass is 192 g/mol. The van der Waals surface area contributed by atoms with Gasteiger partial charge in [-0.25, -0.2) is 8.78 Å². The molecule has 0 N–H and O–H groups in total. The minimum Gasteiger partial charge on any atom is -0.303 e. The topological polar surface area (TPSA) is 34.1 Å². The molecule has 0 amide bonds. The Morgan fingerprint density at radius 3 is 2.54 bits per heavy atom. The van der Waals surface area contributed by atoms with Crippen molar-refractivity contribution in [3.8, 4) is 0 Å². The summed E-state index contributed by atoms with van der Waals surface area (Å²) in [5.74, 6) is -0.825. The molecule has 4 heteroatoms. The maximum absolute atomic E-state index is 12.8. The van der Waals surface area contributed by atoms with Crippen LogP contribution in [-0.2, 0) is 9.59 Å². The van der Waals surface area contributed by atoms with Gasteiger partial charge in [-0.3, -0.25) is 4.79 Å². The van der Waals surface area contributed by atoms with Gasteiger partial charge < -0.3 is 4.79 Å². The van der Waals surface area contributed by atoms with E-state index in [0.717, 1.165) is 0 Å². The minimum absolute atomic E-state index is 0.259. The number of Topliss-reactive ketones (excluding diaryl/α,β-unsaturated/α-hetero) is 1. The van der Waals surface area contributed by atoms with Gasteiger partial charge in [-0.15, -0.1) is 0 Å². The van der Waals surface area contributed by atoms with E-state index in [-0.39, 0.29) is 6.42 Å². The zero-order chi connectivity index (χ0) is 10.3. The highest BCUT2D eigenvalue weighted by Gasteiger charge is 2.20. The molecule has 0 heterocycles. The molecule has 2 nitrogen and oxygen atoms in total. The molecule has 0 aromatic heterocycles. The molecule has 0 fully saturated rings. The number of alkyl halides is 2. The third-order valence-electron chi connectivity index (χ3n) is 1.70. The van der Waals surface area contributed by atoms with Gasteiger partial charge >= 0.3 is 0 Å². The van der Waals surface area contributed by atoms with Gasteiger partial charge in [0.25, 0.3) is 0 Å². The van der Waals surface area contributed by atoms with E-state index in [1.54, 1.807) is 6.92 Å². The summed E-state index contributed by atoms with van der Waals surface area (Å²) in [5, 5.41) is 0. The number of carbonyl (C=O) groups is 2. The Labute approximate surface area is 76.3 Å². The second-order valence-corrected chi connectivity index (χ2v) is 2.93. The number of aldehydes is 1. The van der Waals surface area contributed by atoms with Crippen LogP contribution < -0.4 is 0 Å². The molecule has 0 bridgehead atoms. The van der Waals surface area contributed by atoms with E-state index in [0.29, 0.717) is 12.7 Å². The Hall–Kier alpha value is -0.800. The largest absolute Gasteiger partial charge is 0.303 e. The predicted molar refractivity (Wildman–Crippen MR) is 45.0 cm³/mol. The summed E-state index contributed by atoms with van der Waals surface area (Å²) >= 11 is 0. The lowest BCUT2D eigenvalue weighted by molar-refractivity contribution is -0.126. The third-order valence-corrected chi connectivity index (χ3v) is 1.70. The maximum Gasteiger partial charge on any atom is 0.174 e. The molecule has 0 saturated carbocycles. The molecular formula is C9H14F2O2. The zero-order valence-corrected chi connectivity index (χ0v) is 7.63. The van der Waals surface area contributed by atoms with Crippen molar-refractivity contribution in [3.63, 3.8) is 0 Å². The Balaban J connectivity index is 3.77. The summed E-state index contributed by atoms with van der Waals surface area (Å²) in [7, 11) is 0. The molecule has 76 valence electrons. The molecule has 2 atom stereocenters. The lowest BCUT2D eigenvalue weighted by Crippen LogP contribution is -2.20. The summed E-state index contributed by atoms with van der Waals surface area (Å²) in [6, 6.07) is 0. The van der Waals surface area contributed by atoms with Crippen LogP contribution in [0.25, 0.3) is 0 Å². The fraction of sp³-hybridized carbons (Fsp3) is 0.778. The Kier molecular flexibility index (Phi) is 6.28. The van der Waals surface area contributed by atoms with Crippen molar-refractivity contribution >= 4 is 12.1 Å². The molecule has 2 unspecified atom stereocenters. The van der Waals surface area contributed by atoms with Crippen LogP contribution in [0, 0.1) is 0 Å². The van der Waals surface area contributed by atoms with E-state index >= 15 is 0 Å². The lowest BCUT2D eigenvalue weighted by atomic mass is 10.1. The molecule has 0 aromatic carbocycles. The van der Waals surface area contributed by atoms with Crippen LogP contribution in [0.2, 0.25) is 0 Å². The van der Waals surface area contributed by atoms with Gasteiger partial charge in [0.1, 0.15) is 12.5 Å². The van der Waals surface area contributed by atoms with Gasteiger partial charge in [0.05, 0.1) is 6.42 Å². The van der Waals surface area contributed by atoms with E-state index < -0.39 is 31.0 Å². The lowest BCUT2D eigenvalue weighted by Gasteiger charge is -2.08. The molecule has 0 aliphatic carbocycles. The molecule has 0 aliphatic rings. The van der Waals surface area contributed by atoms with Gasteiger partial charge in [-0.1, -0.05) is 13.3 Å². The van der Waals surface area contributed by atoms with Gasteiger partial charge in [0.15, 0.2) is 12.0 Å². The molecule has 0 aliphatic heterocycles. The average molecular weight is 192 g/mol. The van der Waals surface area contributed by atoms with Crippen LogP contribution >= 0.6 is 0 Å². The average Bonchev–Trinajstić information content (AvgIpc) is 2.05. The van der Waals surface area contributed by atoms with Gasteiger partial charge in [0, 0.05) is 6.42 Å². The van der Waals surface area contributed by atoms with Crippen LogP contribution in [0.5, 0.6) is 0 Å². The first-order valence-corrected chi connectivity index (χ1v) is 4.36. The highest BCUT2D eigenvalue weighted by atomic mass is 19.1. The minimum atomic E-state index is -1.83. The van der Waals surface area contributed by atoms with Crippen LogP contribution in [-0.4, -0.2) is 24.4 Å². The fourth-order valence-corrected chi connectivity index (χ4v) is 0.997. The first-order valence-electron chi connectivity index (χ1n) is 4.36. The maximum atomic E-state index is 12.8. The number of halogens is 2. The number of hydrogen-bond acceptors (Lipinski definition) is 2. The van der Waals surface area contributed by atoms with Gasteiger partial charge in [0.2, 0.25) is 0 Å². The number of rotatable bonds is 7.